The minimum atomic E-state index is 0.827. The van der Waals surface area contributed by atoms with Crippen LogP contribution in [0.25, 0.3) is 0 Å². The summed E-state index contributed by atoms with van der Waals surface area (Å²) < 4.78 is 3.35. The Bertz CT molecular complexity index is 616. The molecule has 2 aromatic rings. The molecular formula is C15H18BrN3. The molecular weight excluding hydrogens is 302 g/mol. The van der Waals surface area contributed by atoms with Crippen molar-refractivity contribution in [3.05, 3.63) is 45.4 Å². The van der Waals surface area contributed by atoms with Crippen molar-refractivity contribution in [2.75, 3.05) is 5.73 Å². The molecule has 1 heterocycles. The lowest BCUT2D eigenvalue weighted by molar-refractivity contribution is 0.625. The van der Waals surface area contributed by atoms with Crippen LogP contribution in [0, 0.1) is 6.92 Å². The zero-order valence-electron chi connectivity index (χ0n) is 11.1. The van der Waals surface area contributed by atoms with E-state index >= 15 is 0 Å². The van der Waals surface area contributed by atoms with Crippen LogP contribution in [0.3, 0.4) is 0 Å². The van der Waals surface area contributed by atoms with Gasteiger partial charge < -0.3 is 10.3 Å². The number of hydrogen-bond acceptors (Lipinski definition) is 2. The van der Waals surface area contributed by atoms with Gasteiger partial charge in [-0.3, -0.25) is 0 Å². The number of nitrogens with zero attached hydrogens (tertiary/aromatic N) is 2. The fourth-order valence-corrected chi connectivity index (χ4v) is 3.20. The van der Waals surface area contributed by atoms with Gasteiger partial charge in [-0.2, -0.15) is 0 Å². The number of hydrogen-bond donors (Lipinski definition) is 1. The van der Waals surface area contributed by atoms with Crippen LogP contribution in [-0.4, -0.2) is 9.55 Å². The SMILES string of the molecule is Cc1nc2c(n1Cc1ccc(Br)cc1N)CCCC2. The lowest BCUT2D eigenvalue weighted by Gasteiger charge is -2.16. The van der Waals surface area contributed by atoms with Gasteiger partial charge in [-0.15, -0.1) is 0 Å². The maximum Gasteiger partial charge on any atom is 0.106 e. The van der Waals surface area contributed by atoms with Crippen LogP contribution in [0.1, 0.15) is 35.6 Å². The number of rotatable bonds is 2. The average Bonchev–Trinajstić information content (AvgIpc) is 2.69. The Labute approximate surface area is 122 Å². The molecule has 3 nitrogen and oxygen atoms in total. The summed E-state index contributed by atoms with van der Waals surface area (Å²) in [4.78, 5) is 4.71. The molecule has 0 radical (unpaired) electrons. The number of halogens is 1. The first kappa shape index (κ1) is 12.7. The zero-order valence-corrected chi connectivity index (χ0v) is 12.7. The smallest absolute Gasteiger partial charge is 0.106 e. The predicted octanol–water partition coefficient (Wildman–Crippen LogP) is 3.46. The number of nitrogens with two attached hydrogens (primary N) is 1. The first-order valence-electron chi connectivity index (χ1n) is 6.74. The van der Waals surface area contributed by atoms with E-state index in [9.17, 15) is 0 Å². The van der Waals surface area contributed by atoms with Crippen LogP contribution in [0.15, 0.2) is 22.7 Å². The molecule has 0 unspecified atom stereocenters. The lowest BCUT2D eigenvalue weighted by Crippen LogP contribution is -2.11. The van der Waals surface area contributed by atoms with Crippen molar-refractivity contribution in [2.45, 2.75) is 39.2 Å². The van der Waals surface area contributed by atoms with Crippen LogP contribution in [0.2, 0.25) is 0 Å². The summed E-state index contributed by atoms with van der Waals surface area (Å²) in [6, 6.07) is 6.10. The van der Waals surface area contributed by atoms with E-state index in [1.54, 1.807) is 0 Å². The zero-order chi connectivity index (χ0) is 13.4. The van der Waals surface area contributed by atoms with Crippen molar-refractivity contribution in [1.82, 2.24) is 9.55 Å². The van der Waals surface area contributed by atoms with E-state index in [1.165, 1.54) is 24.2 Å². The number of nitrogen functional groups attached to an aromatic ring is 1. The number of fused-ring (bicyclic) bond motifs is 1. The van der Waals surface area contributed by atoms with E-state index in [0.717, 1.165) is 40.9 Å². The summed E-state index contributed by atoms with van der Waals surface area (Å²) in [6.07, 6.45) is 4.81. The highest BCUT2D eigenvalue weighted by molar-refractivity contribution is 9.10. The van der Waals surface area contributed by atoms with Crippen molar-refractivity contribution in [2.24, 2.45) is 0 Å². The van der Waals surface area contributed by atoms with Crippen molar-refractivity contribution in [3.63, 3.8) is 0 Å². The summed E-state index contributed by atoms with van der Waals surface area (Å²) in [5.41, 5.74) is 10.8. The number of aryl methyl sites for hydroxylation is 2. The van der Waals surface area contributed by atoms with E-state index < -0.39 is 0 Å². The molecule has 4 heteroatoms. The highest BCUT2D eigenvalue weighted by atomic mass is 79.9. The van der Waals surface area contributed by atoms with E-state index in [1.807, 2.05) is 12.1 Å². The summed E-state index contributed by atoms with van der Waals surface area (Å²) in [5.74, 6) is 1.11. The van der Waals surface area contributed by atoms with E-state index in [4.69, 9.17) is 10.7 Å². The number of benzene rings is 1. The second kappa shape index (κ2) is 5.00. The van der Waals surface area contributed by atoms with E-state index in [-0.39, 0.29) is 0 Å². The maximum atomic E-state index is 6.10. The first-order valence-corrected chi connectivity index (χ1v) is 7.53. The van der Waals surface area contributed by atoms with Gasteiger partial charge in [0.25, 0.3) is 0 Å². The Morgan fingerprint density at radius 3 is 2.89 bits per heavy atom. The van der Waals surface area contributed by atoms with Crippen molar-refractivity contribution in [1.29, 1.82) is 0 Å². The minimum absolute atomic E-state index is 0.827. The average molecular weight is 320 g/mol. The third-order valence-corrected chi connectivity index (χ3v) is 4.35. The van der Waals surface area contributed by atoms with Gasteiger partial charge in [-0.1, -0.05) is 22.0 Å². The highest BCUT2D eigenvalue weighted by Crippen LogP contribution is 2.25. The van der Waals surface area contributed by atoms with Gasteiger partial charge in [0.1, 0.15) is 5.82 Å². The van der Waals surface area contributed by atoms with Crippen molar-refractivity contribution < 1.29 is 0 Å². The minimum Gasteiger partial charge on any atom is -0.398 e. The van der Waals surface area contributed by atoms with Gasteiger partial charge in [0, 0.05) is 15.9 Å². The molecule has 3 rings (SSSR count). The second-order valence-corrected chi connectivity index (χ2v) is 6.10. The molecule has 0 amide bonds. The summed E-state index contributed by atoms with van der Waals surface area (Å²) in [6.45, 7) is 2.92. The molecule has 19 heavy (non-hydrogen) atoms. The first-order chi connectivity index (χ1) is 9.15. The predicted molar refractivity (Wildman–Crippen MR) is 81.3 cm³/mol. The molecule has 0 spiro atoms. The number of aromatic nitrogens is 2. The monoisotopic (exact) mass is 319 g/mol. The fraction of sp³-hybridized carbons (Fsp3) is 0.400. The van der Waals surface area contributed by atoms with Crippen LogP contribution < -0.4 is 5.73 Å². The Morgan fingerprint density at radius 2 is 2.11 bits per heavy atom. The number of anilines is 1. The third kappa shape index (κ3) is 2.41. The largest absolute Gasteiger partial charge is 0.398 e. The molecule has 0 atom stereocenters. The standard InChI is InChI=1S/C15H18BrN3/c1-10-18-14-4-2-3-5-15(14)19(10)9-11-6-7-12(16)8-13(11)17/h6-8H,2-5,9,17H2,1H3. The quantitative estimate of drug-likeness (QED) is 0.861. The van der Waals surface area contributed by atoms with Gasteiger partial charge in [-0.05, 0) is 50.3 Å². The van der Waals surface area contributed by atoms with Gasteiger partial charge in [-0.25, -0.2) is 4.98 Å². The Balaban J connectivity index is 1.97. The van der Waals surface area contributed by atoms with Crippen molar-refractivity contribution >= 4 is 21.6 Å². The van der Waals surface area contributed by atoms with E-state index in [2.05, 4.69) is 33.5 Å². The molecule has 1 aliphatic carbocycles. The maximum absolute atomic E-state index is 6.10. The summed E-state index contributed by atoms with van der Waals surface area (Å²) in [7, 11) is 0. The Hall–Kier alpha value is -1.29. The van der Waals surface area contributed by atoms with Crippen molar-refractivity contribution in [3.8, 4) is 0 Å². The molecule has 1 aliphatic rings. The third-order valence-electron chi connectivity index (χ3n) is 3.86. The topological polar surface area (TPSA) is 43.8 Å². The van der Waals surface area contributed by atoms with Gasteiger partial charge in [0.15, 0.2) is 0 Å². The van der Waals surface area contributed by atoms with Crippen LogP contribution in [-0.2, 0) is 19.4 Å². The number of imidazole rings is 1. The molecule has 0 saturated carbocycles. The molecule has 1 aromatic heterocycles. The van der Waals surface area contributed by atoms with Gasteiger partial charge >= 0.3 is 0 Å². The molecule has 2 N–H and O–H groups in total. The molecule has 1 aromatic carbocycles. The normalized spacial score (nSPS) is 14.4. The molecule has 0 saturated heterocycles. The van der Waals surface area contributed by atoms with Gasteiger partial charge in [0.2, 0.25) is 0 Å². The summed E-state index contributed by atoms with van der Waals surface area (Å²) in [5, 5.41) is 0. The molecule has 100 valence electrons. The highest BCUT2D eigenvalue weighted by Gasteiger charge is 2.18. The summed E-state index contributed by atoms with van der Waals surface area (Å²) >= 11 is 3.45. The molecule has 0 fully saturated rings. The van der Waals surface area contributed by atoms with Gasteiger partial charge in [0.05, 0.1) is 12.2 Å². The lowest BCUT2D eigenvalue weighted by atomic mass is 10.0. The molecule has 0 bridgehead atoms. The Morgan fingerprint density at radius 1 is 1.32 bits per heavy atom. The fourth-order valence-electron chi connectivity index (χ4n) is 2.83. The second-order valence-electron chi connectivity index (χ2n) is 5.19. The molecule has 0 aliphatic heterocycles. The van der Waals surface area contributed by atoms with E-state index in [0.29, 0.717) is 0 Å². The van der Waals surface area contributed by atoms with Crippen LogP contribution in [0.5, 0.6) is 0 Å². The van der Waals surface area contributed by atoms with Crippen LogP contribution in [0.4, 0.5) is 5.69 Å². The van der Waals surface area contributed by atoms with Crippen LogP contribution >= 0.6 is 15.9 Å². The Kier molecular flexibility index (Phi) is 3.35.